The van der Waals surface area contributed by atoms with Crippen LogP contribution in [0.15, 0.2) is 24.3 Å². The maximum Gasteiger partial charge on any atom is 0.223 e. The monoisotopic (exact) mass is 246 g/mol. The Labute approximate surface area is 109 Å². The molecule has 1 aromatic carbocycles. The van der Waals surface area contributed by atoms with E-state index in [0.717, 1.165) is 30.0 Å². The quantitative estimate of drug-likeness (QED) is 0.806. The predicted octanol–water partition coefficient (Wildman–Crippen LogP) is 2.71. The molecule has 0 atom stereocenters. The van der Waals surface area contributed by atoms with Crippen molar-refractivity contribution in [3.63, 3.8) is 0 Å². The molecule has 0 spiro atoms. The summed E-state index contributed by atoms with van der Waals surface area (Å²) in [5, 5.41) is 3.02. The van der Waals surface area contributed by atoms with Crippen LogP contribution in [0.2, 0.25) is 0 Å². The van der Waals surface area contributed by atoms with Crippen LogP contribution in [0, 0.1) is 11.8 Å². The maximum atomic E-state index is 12.0. The minimum atomic E-state index is 0.207. The van der Waals surface area contributed by atoms with E-state index in [-0.39, 0.29) is 11.8 Å². The van der Waals surface area contributed by atoms with E-state index in [2.05, 4.69) is 12.2 Å². The van der Waals surface area contributed by atoms with Crippen LogP contribution in [0.3, 0.4) is 0 Å². The fourth-order valence-electron chi connectivity index (χ4n) is 2.49. The molecule has 2 rings (SSSR count). The molecule has 0 aromatic heterocycles. The van der Waals surface area contributed by atoms with Crippen molar-refractivity contribution in [3.05, 3.63) is 29.8 Å². The van der Waals surface area contributed by atoms with Crippen molar-refractivity contribution in [2.24, 2.45) is 11.8 Å². The van der Waals surface area contributed by atoms with Crippen LogP contribution in [-0.2, 0) is 11.3 Å². The summed E-state index contributed by atoms with van der Waals surface area (Å²) >= 11 is 0. The first-order valence-electron chi connectivity index (χ1n) is 6.77. The van der Waals surface area contributed by atoms with Gasteiger partial charge in [-0.2, -0.15) is 0 Å². The van der Waals surface area contributed by atoms with E-state index in [9.17, 15) is 4.79 Å². The maximum absolute atomic E-state index is 12.0. The first kappa shape index (κ1) is 12.9. The average molecular weight is 246 g/mol. The van der Waals surface area contributed by atoms with Gasteiger partial charge in [0, 0.05) is 18.2 Å². The number of nitrogens with one attached hydrogen (secondary N) is 1. The number of amides is 1. The highest BCUT2D eigenvalue weighted by Gasteiger charge is 2.23. The van der Waals surface area contributed by atoms with Crippen LogP contribution in [0.1, 0.15) is 38.2 Å². The zero-order chi connectivity index (χ0) is 13.0. The first-order chi connectivity index (χ1) is 8.65. The molecule has 1 fully saturated rings. The van der Waals surface area contributed by atoms with Gasteiger partial charge in [0.25, 0.3) is 0 Å². The number of nitrogen functional groups attached to an aromatic ring is 1. The number of nitrogens with two attached hydrogens (primary N) is 1. The van der Waals surface area contributed by atoms with Gasteiger partial charge in [0.05, 0.1) is 0 Å². The van der Waals surface area contributed by atoms with Gasteiger partial charge >= 0.3 is 0 Å². The fraction of sp³-hybridized carbons (Fsp3) is 0.533. The van der Waals surface area contributed by atoms with Crippen LogP contribution in [-0.4, -0.2) is 5.91 Å². The molecule has 98 valence electrons. The lowest BCUT2D eigenvalue weighted by Gasteiger charge is -2.25. The normalized spacial score (nSPS) is 23.6. The zero-order valence-corrected chi connectivity index (χ0v) is 11.0. The van der Waals surface area contributed by atoms with Gasteiger partial charge in [-0.25, -0.2) is 0 Å². The predicted molar refractivity (Wildman–Crippen MR) is 73.8 cm³/mol. The molecular weight excluding hydrogens is 224 g/mol. The summed E-state index contributed by atoms with van der Waals surface area (Å²) in [5.41, 5.74) is 7.48. The molecule has 0 aliphatic heterocycles. The zero-order valence-electron chi connectivity index (χ0n) is 11.0. The third-order valence-corrected chi connectivity index (χ3v) is 3.83. The Hall–Kier alpha value is -1.51. The van der Waals surface area contributed by atoms with Crippen LogP contribution in [0.25, 0.3) is 0 Å². The summed E-state index contributed by atoms with van der Waals surface area (Å²) in [6, 6.07) is 7.64. The number of benzene rings is 1. The fourth-order valence-corrected chi connectivity index (χ4v) is 2.49. The lowest BCUT2D eigenvalue weighted by molar-refractivity contribution is -0.126. The van der Waals surface area contributed by atoms with Gasteiger partial charge in [-0.3, -0.25) is 4.79 Å². The standard InChI is InChI=1S/C15H22N2O/c1-11-2-6-13(7-3-11)15(18)17-10-12-4-8-14(16)9-5-12/h4-5,8-9,11,13H,2-3,6-7,10,16H2,1H3,(H,17,18). The second-order valence-electron chi connectivity index (χ2n) is 5.42. The number of hydrogen-bond acceptors (Lipinski definition) is 2. The Morgan fingerprint density at radius 1 is 1.22 bits per heavy atom. The van der Waals surface area contributed by atoms with E-state index in [1.165, 1.54) is 12.8 Å². The first-order valence-corrected chi connectivity index (χ1v) is 6.77. The molecule has 0 saturated heterocycles. The van der Waals surface area contributed by atoms with Crippen molar-refractivity contribution in [3.8, 4) is 0 Å². The van der Waals surface area contributed by atoms with Crippen molar-refractivity contribution >= 4 is 11.6 Å². The lowest BCUT2D eigenvalue weighted by Crippen LogP contribution is -2.32. The van der Waals surface area contributed by atoms with E-state index in [1.807, 2.05) is 24.3 Å². The number of anilines is 1. The van der Waals surface area contributed by atoms with Gasteiger partial charge in [0.2, 0.25) is 5.91 Å². The molecule has 0 heterocycles. The second-order valence-corrected chi connectivity index (χ2v) is 5.42. The van der Waals surface area contributed by atoms with Crippen LogP contribution >= 0.6 is 0 Å². The van der Waals surface area contributed by atoms with Crippen molar-refractivity contribution in [1.29, 1.82) is 0 Å². The Morgan fingerprint density at radius 2 is 1.83 bits per heavy atom. The third kappa shape index (κ3) is 3.49. The van der Waals surface area contributed by atoms with Gasteiger partial charge in [-0.1, -0.05) is 19.1 Å². The molecule has 1 saturated carbocycles. The number of rotatable bonds is 3. The largest absolute Gasteiger partial charge is 0.399 e. The van der Waals surface area contributed by atoms with Crippen LogP contribution in [0.4, 0.5) is 5.69 Å². The molecule has 1 amide bonds. The van der Waals surface area contributed by atoms with E-state index in [0.29, 0.717) is 6.54 Å². The molecule has 0 bridgehead atoms. The van der Waals surface area contributed by atoms with E-state index < -0.39 is 0 Å². The van der Waals surface area contributed by atoms with Crippen molar-refractivity contribution in [2.45, 2.75) is 39.2 Å². The van der Waals surface area contributed by atoms with Crippen LogP contribution < -0.4 is 11.1 Å². The number of carbonyl (C=O) groups is 1. The highest BCUT2D eigenvalue weighted by molar-refractivity contribution is 5.78. The molecule has 1 aliphatic carbocycles. The molecule has 1 aliphatic rings. The summed E-state index contributed by atoms with van der Waals surface area (Å²) in [4.78, 5) is 12.0. The number of carbonyl (C=O) groups excluding carboxylic acids is 1. The van der Waals surface area contributed by atoms with E-state index >= 15 is 0 Å². The Morgan fingerprint density at radius 3 is 2.44 bits per heavy atom. The van der Waals surface area contributed by atoms with Gasteiger partial charge in [0.1, 0.15) is 0 Å². The lowest BCUT2D eigenvalue weighted by atomic mass is 9.82. The van der Waals surface area contributed by atoms with Gasteiger partial charge in [-0.05, 0) is 49.3 Å². The summed E-state index contributed by atoms with van der Waals surface area (Å²) < 4.78 is 0. The number of hydrogen-bond donors (Lipinski definition) is 2. The van der Waals surface area contributed by atoms with Gasteiger partial charge in [0.15, 0.2) is 0 Å². The van der Waals surface area contributed by atoms with E-state index in [1.54, 1.807) is 0 Å². The van der Waals surface area contributed by atoms with Crippen molar-refractivity contribution in [1.82, 2.24) is 5.32 Å². The SMILES string of the molecule is CC1CCC(C(=O)NCc2ccc(N)cc2)CC1. The molecule has 3 N–H and O–H groups in total. The Bertz CT molecular complexity index is 391. The van der Waals surface area contributed by atoms with Gasteiger partial charge < -0.3 is 11.1 Å². The smallest absolute Gasteiger partial charge is 0.223 e. The van der Waals surface area contributed by atoms with Crippen LogP contribution in [0.5, 0.6) is 0 Å². The van der Waals surface area contributed by atoms with Crippen molar-refractivity contribution < 1.29 is 4.79 Å². The summed E-state index contributed by atoms with van der Waals surface area (Å²) in [6.07, 6.45) is 4.43. The third-order valence-electron chi connectivity index (χ3n) is 3.83. The Kier molecular flexibility index (Phi) is 4.24. The highest BCUT2D eigenvalue weighted by atomic mass is 16.1. The average Bonchev–Trinajstić information content (AvgIpc) is 2.38. The summed E-state index contributed by atoms with van der Waals surface area (Å²) in [6.45, 7) is 2.87. The Balaban J connectivity index is 1.79. The molecule has 3 nitrogen and oxygen atoms in total. The van der Waals surface area contributed by atoms with Crippen molar-refractivity contribution in [2.75, 3.05) is 5.73 Å². The molecular formula is C15H22N2O. The van der Waals surface area contributed by atoms with Gasteiger partial charge in [-0.15, -0.1) is 0 Å². The summed E-state index contributed by atoms with van der Waals surface area (Å²) in [5.74, 6) is 1.21. The topological polar surface area (TPSA) is 55.1 Å². The molecule has 3 heteroatoms. The molecule has 0 unspecified atom stereocenters. The molecule has 1 aromatic rings. The summed E-state index contributed by atoms with van der Waals surface area (Å²) in [7, 11) is 0. The minimum Gasteiger partial charge on any atom is -0.399 e. The molecule has 18 heavy (non-hydrogen) atoms. The second kappa shape index (κ2) is 5.89. The van der Waals surface area contributed by atoms with E-state index in [4.69, 9.17) is 5.73 Å². The minimum absolute atomic E-state index is 0.207. The molecule has 0 radical (unpaired) electrons. The highest BCUT2D eigenvalue weighted by Crippen LogP contribution is 2.28.